The lowest BCUT2D eigenvalue weighted by atomic mass is 9.91. The molecule has 0 unspecified atom stereocenters. The summed E-state index contributed by atoms with van der Waals surface area (Å²) in [6.07, 6.45) is 6.70. The summed E-state index contributed by atoms with van der Waals surface area (Å²) in [6.45, 7) is 2.59. The van der Waals surface area contributed by atoms with E-state index in [4.69, 9.17) is 5.73 Å². The van der Waals surface area contributed by atoms with E-state index < -0.39 is 0 Å². The Morgan fingerprint density at radius 3 is 2.91 bits per heavy atom. The van der Waals surface area contributed by atoms with Gasteiger partial charge in [0.15, 0.2) is 0 Å². The van der Waals surface area contributed by atoms with Crippen molar-refractivity contribution in [3.05, 3.63) is 0 Å². The van der Waals surface area contributed by atoms with Gasteiger partial charge in [0.2, 0.25) is 0 Å². The third-order valence-corrected chi connectivity index (χ3v) is 3.11. The highest BCUT2D eigenvalue weighted by Gasteiger charge is 2.27. The van der Waals surface area contributed by atoms with Crippen LogP contribution in [0.5, 0.6) is 0 Å². The Balaban J connectivity index is 1.93. The maximum absolute atomic E-state index is 5.92. The van der Waals surface area contributed by atoms with E-state index >= 15 is 0 Å². The van der Waals surface area contributed by atoms with Crippen LogP contribution in [-0.2, 0) is 0 Å². The summed E-state index contributed by atoms with van der Waals surface area (Å²) in [5, 5.41) is 0. The van der Waals surface area contributed by atoms with E-state index in [-0.39, 0.29) is 0 Å². The molecule has 11 heavy (non-hydrogen) atoms. The second kappa shape index (κ2) is 3.11. The molecule has 2 aliphatic heterocycles. The second-order valence-electron chi connectivity index (χ2n) is 3.97. The Labute approximate surface area is 68.7 Å². The third kappa shape index (κ3) is 1.57. The average Bonchev–Trinajstić information content (AvgIpc) is 2.04. The van der Waals surface area contributed by atoms with Gasteiger partial charge in [-0.25, -0.2) is 0 Å². The van der Waals surface area contributed by atoms with Gasteiger partial charge in [0.05, 0.1) is 0 Å². The van der Waals surface area contributed by atoms with Crippen LogP contribution < -0.4 is 5.73 Å². The van der Waals surface area contributed by atoms with Crippen LogP contribution in [0.15, 0.2) is 0 Å². The quantitative estimate of drug-likeness (QED) is 0.563. The first kappa shape index (κ1) is 7.56. The topological polar surface area (TPSA) is 29.3 Å². The highest BCUT2D eigenvalue weighted by molar-refractivity contribution is 4.85. The molecule has 0 amide bonds. The van der Waals surface area contributed by atoms with Crippen LogP contribution in [0.4, 0.5) is 0 Å². The number of hydrogen-bond donors (Lipinski definition) is 1. The van der Waals surface area contributed by atoms with Gasteiger partial charge >= 0.3 is 0 Å². The van der Waals surface area contributed by atoms with Crippen molar-refractivity contribution >= 4 is 0 Å². The standard InChI is InChI=1S/C9H18N2/c10-8-4-6-11-5-2-1-3-9(11)7-8/h8-9H,1-7,10H2/t8-,9-/m0/s1. The summed E-state index contributed by atoms with van der Waals surface area (Å²) in [6, 6.07) is 1.34. The molecule has 2 saturated heterocycles. The summed E-state index contributed by atoms with van der Waals surface area (Å²) in [4.78, 5) is 2.63. The molecular formula is C9H18N2. The van der Waals surface area contributed by atoms with Gasteiger partial charge in [-0.15, -0.1) is 0 Å². The lowest BCUT2D eigenvalue weighted by molar-refractivity contribution is 0.0986. The molecule has 0 aromatic rings. The van der Waals surface area contributed by atoms with E-state index in [1.165, 1.54) is 45.2 Å². The van der Waals surface area contributed by atoms with Gasteiger partial charge in [-0.05, 0) is 38.8 Å². The molecule has 0 radical (unpaired) electrons. The van der Waals surface area contributed by atoms with Gasteiger partial charge in [0.25, 0.3) is 0 Å². The smallest absolute Gasteiger partial charge is 0.0110 e. The first-order chi connectivity index (χ1) is 5.36. The molecular weight excluding hydrogens is 136 g/mol. The van der Waals surface area contributed by atoms with Crippen LogP contribution in [-0.4, -0.2) is 30.1 Å². The molecule has 2 nitrogen and oxygen atoms in total. The average molecular weight is 154 g/mol. The van der Waals surface area contributed by atoms with Crippen LogP contribution in [0, 0.1) is 0 Å². The fraction of sp³-hybridized carbons (Fsp3) is 1.00. The molecule has 0 aromatic carbocycles. The Morgan fingerprint density at radius 1 is 1.09 bits per heavy atom. The van der Waals surface area contributed by atoms with Crippen molar-refractivity contribution in [2.24, 2.45) is 5.73 Å². The van der Waals surface area contributed by atoms with Crippen molar-refractivity contribution in [3.8, 4) is 0 Å². The first-order valence-electron chi connectivity index (χ1n) is 4.86. The molecule has 2 fully saturated rings. The fourth-order valence-corrected chi connectivity index (χ4v) is 2.42. The van der Waals surface area contributed by atoms with Crippen molar-refractivity contribution < 1.29 is 0 Å². The minimum absolute atomic E-state index is 0.495. The Bertz CT molecular complexity index is 136. The molecule has 0 bridgehead atoms. The summed E-state index contributed by atoms with van der Waals surface area (Å²) in [5.41, 5.74) is 5.92. The number of piperidine rings is 2. The molecule has 64 valence electrons. The largest absolute Gasteiger partial charge is 0.328 e. The Morgan fingerprint density at radius 2 is 2.00 bits per heavy atom. The van der Waals surface area contributed by atoms with Crippen LogP contribution in [0.25, 0.3) is 0 Å². The van der Waals surface area contributed by atoms with E-state index in [1.807, 2.05) is 0 Å². The van der Waals surface area contributed by atoms with E-state index in [2.05, 4.69) is 4.90 Å². The number of fused-ring (bicyclic) bond motifs is 1. The van der Waals surface area contributed by atoms with E-state index in [0.717, 1.165) is 6.04 Å². The van der Waals surface area contributed by atoms with Crippen LogP contribution in [0.1, 0.15) is 32.1 Å². The summed E-state index contributed by atoms with van der Waals surface area (Å²) in [5.74, 6) is 0. The highest BCUT2D eigenvalue weighted by atomic mass is 15.2. The summed E-state index contributed by atoms with van der Waals surface area (Å²) >= 11 is 0. The molecule has 2 rings (SSSR count). The Kier molecular flexibility index (Phi) is 2.14. The predicted molar refractivity (Wildman–Crippen MR) is 46.4 cm³/mol. The molecule has 2 heteroatoms. The number of rotatable bonds is 0. The van der Waals surface area contributed by atoms with Crippen molar-refractivity contribution in [2.45, 2.75) is 44.2 Å². The zero-order valence-electron chi connectivity index (χ0n) is 7.13. The van der Waals surface area contributed by atoms with Crippen LogP contribution in [0.2, 0.25) is 0 Å². The SMILES string of the molecule is N[C@H]1CCN2CCCC[C@H]2C1. The fourth-order valence-electron chi connectivity index (χ4n) is 2.42. The molecule has 0 spiro atoms. The lowest BCUT2D eigenvalue weighted by Crippen LogP contribution is -2.49. The van der Waals surface area contributed by atoms with Crippen molar-refractivity contribution in [3.63, 3.8) is 0 Å². The number of nitrogens with two attached hydrogens (primary N) is 1. The third-order valence-electron chi connectivity index (χ3n) is 3.11. The first-order valence-corrected chi connectivity index (χ1v) is 4.86. The maximum atomic E-state index is 5.92. The van der Waals surface area contributed by atoms with Crippen molar-refractivity contribution in [1.82, 2.24) is 4.90 Å². The van der Waals surface area contributed by atoms with Crippen LogP contribution >= 0.6 is 0 Å². The molecule has 2 N–H and O–H groups in total. The minimum Gasteiger partial charge on any atom is -0.328 e. The second-order valence-corrected chi connectivity index (χ2v) is 3.97. The highest BCUT2D eigenvalue weighted by Crippen LogP contribution is 2.24. The van der Waals surface area contributed by atoms with Gasteiger partial charge in [-0.1, -0.05) is 6.42 Å². The molecule has 0 saturated carbocycles. The van der Waals surface area contributed by atoms with Gasteiger partial charge in [0, 0.05) is 12.1 Å². The predicted octanol–water partition coefficient (Wildman–Crippen LogP) is 0.962. The molecule has 2 heterocycles. The molecule has 2 aliphatic rings. The van der Waals surface area contributed by atoms with E-state index in [9.17, 15) is 0 Å². The molecule has 0 aromatic heterocycles. The summed E-state index contributed by atoms with van der Waals surface area (Å²) in [7, 11) is 0. The monoisotopic (exact) mass is 154 g/mol. The summed E-state index contributed by atoms with van der Waals surface area (Å²) < 4.78 is 0. The zero-order chi connectivity index (χ0) is 7.68. The zero-order valence-corrected chi connectivity index (χ0v) is 7.13. The molecule has 2 atom stereocenters. The van der Waals surface area contributed by atoms with Gasteiger partial charge in [-0.3, -0.25) is 0 Å². The van der Waals surface area contributed by atoms with Gasteiger partial charge < -0.3 is 10.6 Å². The van der Waals surface area contributed by atoms with Gasteiger partial charge in [-0.2, -0.15) is 0 Å². The van der Waals surface area contributed by atoms with E-state index in [0.29, 0.717) is 6.04 Å². The van der Waals surface area contributed by atoms with Crippen LogP contribution in [0.3, 0.4) is 0 Å². The lowest BCUT2D eigenvalue weighted by Gasteiger charge is -2.41. The van der Waals surface area contributed by atoms with Crippen molar-refractivity contribution in [2.75, 3.05) is 13.1 Å². The van der Waals surface area contributed by atoms with Gasteiger partial charge in [0.1, 0.15) is 0 Å². The maximum Gasteiger partial charge on any atom is 0.0110 e. The number of nitrogens with zero attached hydrogens (tertiary/aromatic N) is 1. The molecule has 0 aliphatic carbocycles. The normalized spacial score (nSPS) is 40.1. The van der Waals surface area contributed by atoms with E-state index in [1.54, 1.807) is 0 Å². The minimum atomic E-state index is 0.495. The number of hydrogen-bond acceptors (Lipinski definition) is 2. The Hall–Kier alpha value is -0.0800. The van der Waals surface area contributed by atoms with Crippen molar-refractivity contribution in [1.29, 1.82) is 0 Å².